The van der Waals surface area contributed by atoms with Crippen molar-refractivity contribution in [2.24, 2.45) is 0 Å². The summed E-state index contributed by atoms with van der Waals surface area (Å²) in [7, 11) is 2.18. The number of hydrogen-bond acceptors (Lipinski definition) is 6. The Morgan fingerprint density at radius 3 is 2.51 bits per heavy atom. The summed E-state index contributed by atoms with van der Waals surface area (Å²) in [5.74, 6) is 1.17. The van der Waals surface area contributed by atoms with E-state index in [1.165, 1.54) is 0 Å². The van der Waals surface area contributed by atoms with Gasteiger partial charge in [0.2, 0.25) is 5.95 Å². The fraction of sp³-hybridized carbons (Fsp3) is 0.296. The maximum absolute atomic E-state index is 6.51. The van der Waals surface area contributed by atoms with Crippen LogP contribution in [0.1, 0.15) is 6.42 Å². The standard InChI is InChI=1S/C27H28BrCl2N7/c1-36-13-15-37(16-14-36)12-4-10-31-27-32-11-9-22(33-27)25-24(18-5-2-6-19(28)17-18)34-26(35-25)23-20(29)7-3-8-21(23)30/h2-3,5-9,11,17H,4,10,12-16H2,1H3,(H,34,35)(H,31,32,33). The van der Waals surface area contributed by atoms with E-state index in [-0.39, 0.29) is 0 Å². The summed E-state index contributed by atoms with van der Waals surface area (Å²) in [6, 6.07) is 15.3. The van der Waals surface area contributed by atoms with Crippen molar-refractivity contribution in [3.05, 3.63) is 69.2 Å². The second kappa shape index (κ2) is 11.9. The molecular weight excluding hydrogens is 573 g/mol. The molecule has 0 saturated carbocycles. The Labute approximate surface area is 235 Å². The van der Waals surface area contributed by atoms with Crippen LogP contribution in [-0.4, -0.2) is 76.1 Å². The predicted molar refractivity (Wildman–Crippen MR) is 155 cm³/mol. The van der Waals surface area contributed by atoms with E-state index in [4.69, 9.17) is 33.2 Å². The molecule has 5 rings (SSSR count). The lowest BCUT2D eigenvalue weighted by Crippen LogP contribution is -2.44. The van der Waals surface area contributed by atoms with Gasteiger partial charge in [0.05, 0.1) is 32.7 Å². The van der Waals surface area contributed by atoms with Crippen molar-refractivity contribution in [2.45, 2.75) is 6.42 Å². The molecule has 2 N–H and O–H groups in total. The molecule has 0 radical (unpaired) electrons. The first-order chi connectivity index (χ1) is 18.0. The van der Waals surface area contributed by atoms with E-state index in [1.54, 1.807) is 18.3 Å². The fourth-order valence-corrected chi connectivity index (χ4v) is 5.38. The minimum atomic E-state index is 0.527. The molecule has 0 atom stereocenters. The highest BCUT2D eigenvalue weighted by molar-refractivity contribution is 9.10. The normalized spacial score (nSPS) is 14.7. The number of hydrogen-bond donors (Lipinski definition) is 2. The Kier molecular flexibility index (Phi) is 8.42. The predicted octanol–water partition coefficient (Wildman–Crippen LogP) is 6.32. The molecule has 3 heterocycles. The van der Waals surface area contributed by atoms with Crippen LogP contribution < -0.4 is 5.32 Å². The van der Waals surface area contributed by atoms with Gasteiger partial charge in [-0.2, -0.15) is 0 Å². The van der Waals surface area contributed by atoms with E-state index in [0.29, 0.717) is 27.4 Å². The minimum absolute atomic E-state index is 0.527. The van der Waals surface area contributed by atoms with Crippen molar-refractivity contribution in [2.75, 3.05) is 51.6 Å². The second-order valence-corrected chi connectivity index (χ2v) is 10.8. The molecule has 192 valence electrons. The van der Waals surface area contributed by atoms with E-state index in [9.17, 15) is 0 Å². The van der Waals surface area contributed by atoms with Gasteiger partial charge in [-0.1, -0.05) is 57.3 Å². The van der Waals surface area contributed by atoms with Crippen LogP contribution in [0, 0.1) is 0 Å². The first-order valence-electron chi connectivity index (χ1n) is 12.3. The molecule has 1 saturated heterocycles. The summed E-state index contributed by atoms with van der Waals surface area (Å²) in [6.45, 7) is 6.37. The number of benzene rings is 2. The van der Waals surface area contributed by atoms with Crippen molar-refractivity contribution in [3.63, 3.8) is 0 Å². The van der Waals surface area contributed by atoms with Gasteiger partial charge in [0, 0.05) is 49.0 Å². The second-order valence-electron chi connectivity index (χ2n) is 9.11. The number of anilines is 1. The molecule has 10 heteroatoms. The van der Waals surface area contributed by atoms with Crippen molar-refractivity contribution in [3.8, 4) is 34.0 Å². The van der Waals surface area contributed by atoms with E-state index in [1.807, 2.05) is 36.4 Å². The third-order valence-corrected chi connectivity index (χ3v) is 7.57. The Hall–Kier alpha value is -2.49. The zero-order valence-electron chi connectivity index (χ0n) is 20.5. The molecular formula is C27H28BrCl2N7. The molecule has 0 aliphatic carbocycles. The van der Waals surface area contributed by atoms with E-state index in [0.717, 1.165) is 72.8 Å². The van der Waals surface area contributed by atoms with Crippen LogP contribution in [0.5, 0.6) is 0 Å². The topological polar surface area (TPSA) is 73.0 Å². The van der Waals surface area contributed by atoms with Gasteiger partial charge in [0.25, 0.3) is 0 Å². The maximum Gasteiger partial charge on any atom is 0.223 e. The molecule has 7 nitrogen and oxygen atoms in total. The average molecular weight is 601 g/mol. The molecule has 4 aromatic rings. The Balaban J connectivity index is 1.40. The van der Waals surface area contributed by atoms with E-state index >= 15 is 0 Å². The summed E-state index contributed by atoms with van der Waals surface area (Å²) in [4.78, 5) is 22.5. The fourth-order valence-electron chi connectivity index (χ4n) is 4.40. The number of aromatic amines is 1. The smallest absolute Gasteiger partial charge is 0.223 e. The summed E-state index contributed by atoms with van der Waals surface area (Å²) >= 11 is 16.6. The molecule has 2 aromatic heterocycles. The molecule has 1 aliphatic heterocycles. The molecule has 0 unspecified atom stereocenters. The number of halogens is 3. The number of H-pyrrole nitrogens is 1. The highest BCUT2D eigenvalue weighted by Crippen LogP contribution is 2.38. The van der Waals surface area contributed by atoms with Gasteiger partial charge in [-0.3, -0.25) is 0 Å². The molecule has 1 fully saturated rings. The van der Waals surface area contributed by atoms with Crippen LogP contribution in [0.25, 0.3) is 34.0 Å². The first kappa shape index (κ1) is 26.1. The average Bonchev–Trinajstić information content (AvgIpc) is 3.33. The highest BCUT2D eigenvalue weighted by Gasteiger charge is 2.20. The maximum atomic E-state index is 6.51. The number of nitrogens with zero attached hydrogens (tertiary/aromatic N) is 5. The van der Waals surface area contributed by atoms with Crippen LogP contribution in [-0.2, 0) is 0 Å². The van der Waals surface area contributed by atoms with Crippen LogP contribution >= 0.6 is 39.1 Å². The number of rotatable bonds is 8. The molecule has 1 aliphatic rings. The van der Waals surface area contributed by atoms with Gasteiger partial charge >= 0.3 is 0 Å². The summed E-state index contributed by atoms with van der Waals surface area (Å²) in [5.41, 5.74) is 3.85. The van der Waals surface area contributed by atoms with Crippen molar-refractivity contribution >= 4 is 45.1 Å². The van der Waals surface area contributed by atoms with Gasteiger partial charge in [0.15, 0.2) is 0 Å². The molecule has 0 amide bonds. The van der Waals surface area contributed by atoms with Crippen molar-refractivity contribution in [1.29, 1.82) is 0 Å². The minimum Gasteiger partial charge on any atom is -0.354 e. The zero-order chi connectivity index (χ0) is 25.8. The zero-order valence-corrected chi connectivity index (χ0v) is 23.6. The van der Waals surface area contributed by atoms with Crippen LogP contribution in [0.3, 0.4) is 0 Å². The number of nitrogens with one attached hydrogen (secondary N) is 2. The lowest BCUT2D eigenvalue weighted by molar-refractivity contribution is 0.154. The number of imidazole rings is 1. The summed E-state index contributed by atoms with van der Waals surface area (Å²) < 4.78 is 0.960. The summed E-state index contributed by atoms with van der Waals surface area (Å²) in [6.07, 6.45) is 2.79. The van der Waals surface area contributed by atoms with Gasteiger partial charge < -0.3 is 20.1 Å². The number of piperazine rings is 1. The number of aromatic nitrogens is 4. The van der Waals surface area contributed by atoms with Crippen LogP contribution in [0.15, 0.2) is 59.2 Å². The quantitative estimate of drug-likeness (QED) is 0.231. The summed E-state index contributed by atoms with van der Waals surface area (Å²) in [5, 5.41) is 4.44. The molecule has 2 aromatic carbocycles. The van der Waals surface area contributed by atoms with E-state index in [2.05, 4.69) is 48.1 Å². The van der Waals surface area contributed by atoms with Gasteiger partial charge in [-0.15, -0.1) is 0 Å². The van der Waals surface area contributed by atoms with Gasteiger partial charge in [-0.05, 0) is 50.3 Å². The van der Waals surface area contributed by atoms with Crippen LogP contribution in [0.2, 0.25) is 10.0 Å². The largest absolute Gasteiger partial charge is 0.354 e. The monoisotopic (exact) mass is 599 g/mol. The number of likely N-dealkylation sites (N-methyl/N-ethyl adjacent to an activating group) is 1. The van der Waals surface area contributed by atoms with Crippen molar-refractivity contribution < 1.29 is 0 Å². The Bertz CT molecular complexity index is 1350. The van der Waals surface area contributed by atoms with Crippen LogP contribution in [0.4, 0.5) is 5.95 Å². The lowest BCUT2D eigenvalue weighted by Gasteiger charge is -2.32. The lowest BCUT2D eigenvalue weighted by atomic mass is 10.1. The Morgan fingerprint density at radius 2 is 1.76 bits per heavy atom. The van der Waals surface area contributed by atoms with Gasteiger partial charge in [0.1, 0.15) is 5.82 Å². The third kappa shape index (κ3) is 6.33. The van der Waals surface area contributed by atoms with E-state index < -0.39 is 0 Å². The molecule has 37 heavy (non-hydrogen) atoms. The first-order valence-corrected chi connectivity index (χ1v) is 13.8. The molecule has 0 spiro atoms. The molecule has 0 bridgehead atoms. The van der Waals surface area contributed by atoms with Gasteiger partial charge in [-0.25, -0.2) is 15.0 Å². The van der Waals surface area contributed by atoms with Crippen molar-refractivity contribution in [1.82, 2.24) is 29.7 Å². The third-order valence-electron chi connectivity index (χ3n) is 6.44. The highest BCUT2D eigenvalue weighted by atomic mass is 79.9. The Morgan fingerprint density at radius 1 is 1.00 bits per heavy atom. The SMILES string of the molecule is CN1CCN(CCCNc2nccc(-c3[nH]c(-c4c(Cl)cccc4Cl)nc3-c3cccc(Br)c3)n2)CC1.